The van der Waals surface area contributed by atoms with Gasteiger partial charge in [-0.2, -0.15) is 0 Å². The topological polar surface area (TPSA) is 78.9 Å². The number of unbranched alkanes of at least 4 members (excludes halogenated alkanes) is 47. The van der Waals surface area contributed by atoms with Crippen LogP contribution in [0.5, 0.6) is 0 Å². The van der Waals surface area contributed by atoms with Crippen molar-refractivity contribution < 1.29 is 28.6 Å². The third-order valence-corrected chi connectivity index (χ3v) is 14.4. The lowest BCUT2D eigenvalue weighted by atomic mass is 10.0. The van der Waals surface area contributed by atoms with Crippen molar-refractivity contribution in [2.45, 2.75) is 367 Å². The van der Waals surface area contributed by atoms with E-state index in [0.29, 0.717) is 19.3 Å². The monoisotopic (exact) mass is 961 g/mol. The highest BCUT2D eigenvalue weighted by Crippen LogP contribution is 2.18. The molecule has 404 valence electrons. The second kappa shape index (κ2) is 58.0. The van der Waals surface area contributed by atoms with E-state index in [4.69, 9.17) is 14.2 Å². The highest BCUT2D eigenvalue weighted by Gasteiger charge is 2.19. The molecular formula is C62H120O6. The molecule has 0 aliphatic rings. The van der Waals surface area contributed by atoms with Gasteiger partial charge < -0.3 is 14.2 Å². The second-order valence-electron chi connectivity index (χ2n) is 21.3. The lowest BCUT2D eigenvalue weighted by molar-refractivity contribution is -0.167. The van der Waals surface area contributed by atoms with E-state index in [0.717, 1.165) is 57.8 Å². The van der Waals surface area contributed by atoms with E-state index in [-0.39, 0.29) is 31.1 Å². The molecule has 0 aromatic heterocycles. The quantitative estimate of drug-likeness (QED) is 0.0343. The van der Waals surface area contributed by atoms with Crippen molar-refractivity contribution in [3.63, 3.8) is 0 Å². The van der Waals surface area contributed by atoms with Gasteiger partial charge >= 0.3 is 17.9 Å². The van der Waals surface area contributed by atoms with Gasteiger partial charge in [-0.1, -0.05) is 323 Å². The molecule has 0 radical (unpaired) electrons. The molecule has 0 spiro atoms. The minimum Gasteiger partial charge on any atom is -0.462 e. The molecule has 0 aromatic carbocycles. The van der Waals surface area contributed by atoms with E-state index in [9.17, 15) is 14.4 Å². The Labute approximate surface area is 425 Å². The van der Waals surface area contributed by atoms with Crippen LogP contribution in [0.2, 0.25) is 0 Å². The number of hydrogen-bond acceptors (Lipinski definition) is 6. The van der Waals surface area contributed by atoms with E-state index in [1.54, 1.807) is 0 Å². The molecule has 0 saturated carbocycles. The molecule has 0 fully saturated rings. The molecule has 0 amide bonds. The number of rotatable bonds is 58. The second-order valence-corrected chi connectivity index (χ2v) is 21.3. The van der Waals surface area contributed by atoms with Gasteiger partial charge in [0.25, 0.3) is 0 Å². The molecule has 6 heteroatoms. The van der Waals surface area contributed by atoms with Crippen LogP contribution >= 0.6 is 0 Å². The number of esters is 3. The number of hydrogen-bond donors (Lipinski definition) is 0. The van der Waals surface area contributed by atoms with Gasteiger partial charge in [0.1, 0.15) is 13.2 Å². The van der Waals surface area contributed by atoms with E-state index in [2.05, 4.69) is 20.8 Å². The molecule has 0 aliphatic heterocycles. The summed E-state index contributed by atoms with van der Waals surface area (Å²) in [5, 5.41) is 0. The average molecular weight is 962 g/mol. The van der Waals surface area contributed by atoms with Crippen LogP contribution in [0.3, 0.4) is 0 Å². The summed E-state index contributed by atoms with van der Waals surface area (Å²) in [5.41, 5.74) is 0. The number of carbonyl (C=O) groups excluding carboxylic acids is 3. The normalized spacial score (nSPS) is 11.9. The zero-order valence-corrected chi connectivity index (χ0v) is 46.4. The first kappa shape index (κ1) is 66.4. The average Bonchev–Trinajstić information content (AvgIpc) is 3.34. The van der Waals surface area contributed by atoms with E-state index in [1.165, 1.54) is 263 Å². The summed E-state index contributed by atoms with van der Waals surface area (Å²) in [6.07, 6.45) is 65.4. The third-order valence-electron chi connectivity index (χ3n) is 14.4. The van der Waals surface area contributed by atoms with Crippen LogP contribution in [0.15, 0.2) is 0 Å². The fraction of sp³-hybridized carbons (Fsp3) is 0.952. The fourth-order valence-electron chi connectivity index (χ4n) is 9.68. The van der Waals surface area contributed by atoms with Gasteiger partial charge in [0.05, 0.1) is 0 Å². The van der Waals surface area contributed by atoms with Gasteiger partial charge in [-0.05, 0) is 19.3 Å². The zero-order valence-electron chi connectivity index (χ0n) is 46.4. The molecular weight excluding hydrogens is 841 g/mol. The summed E-state index contributed by atoms with van der Waals surface area (Å²) < 4.78 is 16.9. The molecule has 0 heterocycles. The lowest BCUT2D eigenvalue weighted by Gasteiger charge is -2.18. The Kier molecular flexibility index (Phi) is 56.6. The van der Waals surface area contributed by atoms with E-state index in [1.807, 2.05) is 0 Å². The van der Waals surface area contributed by atoms with Crippen molar-refractivity contribution in [2.24, 2.45) is 0 Å². The van der Waals surface area contributed by atoms with Crippen LogP contribution in [0.4, 0.5) is 0 Å². The van der Waals surface area contributed by atoms with Gasteiger partial charge in [-0.25, -0.2) is 0 Å². The van der Waals surface area contributed by atoms with Crippen LogP contribution in [0, 0.1) is 0 Å². The fourth-order valence-corrected chi connectivity index (χ4v) is 9.68. The predicted molar refractivity (Wildman–Crippen MR) is 294 cm³/mol. The van der Waals surface area contributed by atoms with E-state index < -0.39 is 6.10 Å². The van der Waals surface area contributed by atoms with Gasteiger partial charge in [0, 0.05) is 19.3 Å². The molecule has 0 aromatic rings. The van der Waals surface area contributed by atoms with Gasteiger partial charge in [0.15, 0.2) is 6.10 Å². The van der Waals surface area contributed by atoms with Crippen LogP contribution in [0.1, 0.15) is 361 Å². The van der Waals surface area contributed by atoms with Crippen molar-refractivity contribution in [3.8, 4) is 0 Å². The Hall–Kier alpha value is -1.59. The summed E-state index contributed by atoms with van der Waals surface area (Å²) in [6, 6.07) is 0. The zero-order chi connectivity index (χ0) is 49.3. The Balaban J connectivity index is 4.14. The molecule has 0 rings (SSSR count). The Bertz CT molecular complexity index is 1010. The first-order valence-electron chi connectivity index (χ1n) is 31.0. The van der Waals surface area contributed by atoms with Crippen molar-refractivity contribution in [3.05, 3.63) is 0 Å². The van der Waals surface area contributed by atoms with Gasteiger partial charge in [0.2, 0.25) is 0 Å². The lowest BCUT2D eigenvalue weighted by Crippen LogP contribution is -2.30. The molecule has 0 aliphatic carbocycles. The minimum absolute atomic E-state index is 0.0610. The van der Waals surface area contributed by atoms with Crippen molar-refractivity contribution in [1.82, 2.24) is 0 Å². The highest BCUT2D eigenvalue weighted by atomic mass is 16.6. The van der Waals surface area contributed by atoms with Crippen molar-refractivity contribution in [2.75, 3.05) is 13.2 Å². The first-order valence-corrected chi connectivity index (χ1v) is 31.0. The molecule has 0 bridgehead atoms. The van der Waals surface area contributed by atoms with Crippen LogP contribution in [-0.4, -0.2) is 37.2 Å². The molecule has 0 saturated heterocycles. The molecule has 68 heavy (non-hydrogen) atoms. The maximum atomic E-state index is 12.8. The summed E-state index contributed by atoms with van der Waals surface area (Å²) in [6.45, 7) is 6.70. The number of ether oxygens (including phenoxy) is 3. The van der Waals surface area contributed by atoms with Crippen molar-refractivity contribution in [1.29, 1.82) is 0 Å². The molecule has 6 nitrogen and oxygen atoms in total. The Morgan fingerprint density at radius 3 is 0.588 bits per heavy atom. The summed E-state index contributed by atoms with van der Waals surface area (Å²) >= 11 is 0. The summed E-state index contributed by atoms with van der Waals surface area (Å²) in [7, 11) is 0. The van der Waals surface area contributed by atoms with E-state index >= 15 is 0 Å². The Morgan fingerprint density at radius 1 is 0.235 bits per heavy atom. The maximum absolute atomic E-state index is 12.8. The molecule has 1 unspecified atom stereocenters. The predicted octanol–water partition coefficient (Wildman–Crippen LogP) is 20.7. The minimum atomic E-state index is -0.761. The van der Waals surface area contributed by atoms with Gasteiger partial charge in [-0.3, -0.25) is 14.4 Å². The third kappa shape index (κ3) is 55.3. The SMILES string of the molecule is CCCCCCCCCCCCCCCCCCCCCCCCCCC(=O)OCC(COC(=O)CCCCCCCCCCCC)OC(=O)CCCCCCCCCCCCCCCCCC. The number of carbonyl (C=O) groups is 3. The summed E-state index contributed by atoms with van der Waals surface area (Å²) in [5.74, 6) is -0.832. The first-order chi connectivity index (χ1) is 33.5. The highest BCUT2D eigenvalue weighted by molar-refractivity contribution is 5.71. The van der Waals surface area contributed by atoms with Gasteiger partial charge in [-0.15, -0.1) is 0 Å². The van der Waals surface area contributed by atoms with Crippen LogP contribution < -0.4 is 0 Å². The standard InChI is InChI=1S/C62H120O6/c1-4-7-10-13-16-19-22-24-26-28-29-30-31-32-33-34-35-37-38-40-43-46-49-52-55-61(64)67-58-59(57-66-60(63)54-51-48-45-42-21-18-15-12-9-6-3)68-62(65)56-53-50-47-44-41-39-36-27-25-23-20-17-14-11-8-5-2/h59H,4-58H2,1-3H3. The molecule has 0 N–H and O–H groups in total. The van der Waals surface area contributed by atoms with Crippen LogP contribution in [0.25, 0.3) is 0 Å². The summed E-state index contributed by atoms with van der Waals surface area (Å²) in [4.78, 5) is 38.1. The maximum Gasteiger partial charge on any atom is 0.306 e. The smallest absolute Gasteiger partial charge is 0.306 e. The molecule has 1 atom stereocenters. The largest absolute Gasteiger partial charge is 0.462 e. The van der Waals surface area contributed by atoms with Crippen molar-refractivity contribution >= 4 is 17.9 Å². The Morgan fingerprint density at radius 2 is 0.397 bits per heavy atom. The van der Waals surface area contributed by atoms with Crippen LogP contribution in [-0.2, 0) is 28.6 Å².